The summed E-state index contributed by atoms with van der Waals surface area (Å²) >= 11 is 0. The summed E-state index contributed by atoms with van der Waals surface area (Å²) in [5.74, 6) is -3.89. The fourth-order valence-corrected chi connectivity index (χ4v) is 4.22. The van der Waals surface area contributed by atoms with Crippen LogP contribution < -0.4 is 10.6 Å². The van der Waals surface area contributed by atoms with E-state index in [1.165, 1.54) is 12.1 Å². The largest absolute Gasteiger partial charge is 0.373 e. The number of hydrogen-bond acceptors (Lipinski definition) is 5. The van der Waals surface area contributed by atoms with Crippen LogP contribution in [-0.4, -0.2) is 34.7 Å². The van der Waals surface area contributed by atoms with E-state index in [4.69, 9.17) is 4.74 Å². The molecule has 2 aliphatic rings. The minimum Gasteiger partial charge on any atom is -0.373 e. The Morgan fingerprint density at radius 2 is 2.06 bits per heavy atom. The molecule has 1 unspecified atom stereocenters. The number of carbonyl (C=O) groups excluding carboxylic acids is 1. The van der Waals surface area contributed by atoms with Crippen molar-refractivity contribution in [1.82, 2.24) is 15.3 Å². The number of amides is 1. The van der Waals surface area contributed by atoms with E-state index in [2.05, 4.69) is 20.6 Å². The maximum Gasteiger partial charge on any atom is 0.273 e. The van der Waals surface area contributed by atoms with Crippen LogP contribution in [0.15, 0.2) is 18.2 Å². The Labute approximate surface area is 195 Å². The SMILES string of the molecule is Cc1nc(CC(=O)NC2(CF)CC2)c(C2CCCO2)c(NCc2cccc(C(C)(F)F)c2F)n1. The second-order valence-electron chi connectivity index (χ2n) is 9.14. The van der Waals surface area contributed by atoms with E-state index in [-0.39, 0.29) is 30.5 Å². The quantitative estimate of drug-likeness (QED) is 0.511. The van der Waals surface area contributed by atoms with E-state index in [1.807, 2.05) is 0 Å². The van der Waals surface area contributed by atoms with Crippen molar-refractivity contribution < 1.29 is 27.1 Å². The van der Waals surface area contributed by atoms with Crippen molar-refractivity contribution in [2.75, 3.05) is 18.6 Å². The highest BCUT2D eigenvalue weighted by Gasteiger charge is 2.44. The first kappa shape index (κ1) is 24.4. The number of ether oxygens (including phenoxy) is 1. The number of anilines is 1. The van der Waals surface area contributed by atoms with Crippen molar-refractivity contribution >= 4 is 11.7 Å². The smallest absolute Gasteiger partial charge is 0.273 e. The molecule has 0 bridgehead atoms. The molecule has 2 aromatic rings. The Bertz CT molecular complexity index is 1060. The van der Waals surface area contributed by atoms with Crippen molar-refractivity contribution in [2.45, 2.75) is 70.1 Å². The predicted molar refractivity (Wildman–Crippen MR) is 118 cm³/mol. The van der Waals surface area contributed by atoms with Gasteiger partial charge in [0.05, 0.1) is 29.3 Å². The zero-order valence-electron chi connectivity index (χ0n) is 19.2. The average molecular weight is 481 g/mol. The molecule has 1 aliphatic heterocycles. The first-order chi connectivity index (χ1) is 16.1. The van der Waals surface area contributed by atoms with Crippen molar-refractivity contribution in [3.05, 3.63) is 52.2 Å². The topological polar surface area (TPSA) is 76.1 Å². The number of nitrogens with one attached hydrogen (secondary N) is 2. The van der Waals surface area contributed by atoms with Gasteiger partial charge in [0.2, 0.25) is 5.91 Å². The molecule has 2 fully saturated rings. The molecule has 1 atom stereocenters. The van der Waals surface area contributed by atoms with Gasteiger partial charge in [0.25, 0.3) is 5.92 Å². The Hall–Kier alpha value is -2.75. The Morgan fingerprint density at radius 3 is 2.68 bits per heavy atom. The van der Waals surface area contributed by atoms with Crippen LogP contribution in [0.5, 0.6) is 0 Å². The van der Waals surface area contributed by atoms with Gasteiger partial charge in [-0.25, -0.2) is 27.5 Å². The number of aromatic nitrogens is 2. The van der Waals surface area contributed by atoms with Gasteiger partial charge in [-0.15, -0.1) is 0 Å². The van der Waals surface area contributed by atoms with Crippen molar-refractivity contribution in [1.29, 1.82) is 0 Å². The highest BCUT2D eigenvalue weighted by molar-refractivity contribution is 5.80. The highest BCUT2D eigenvalue weighted by atomic mass is 19.3. The van der Waals surface area contributed by atoms with Gasteiger partial charge in [0, 0.05) is 31.2 Å². The van der Waals surface area contributed by atoms with Crippen LogP contribution in [0, 0.1) is 12.7 Å². The van der Waals surface area contributed by atoms with Crippen LogP contribution in [0.4, 0.5) is 23.4 Å². The van der Waals surface area contributed by atoms with Gasteiger partial charge in [0.15, 0.2) is 0 Å². The van der Waals surface area contributed by atoms with Crippen LogP contribution in [0.25, 0.3) is 0 Å². The zero-order chi connectivity index (χ0) is 24.5. The lowest BCUT2D eigenvalue weighted by molar-refractivity contribution is -0.121. The molecule has 1 aromatic heterocycles. The monoisotopic (exact) mass is 480 g/mol. The average Bonchev–Trinajstić information content (AvgIpc) is 3.32. The lowest BCUT2D eigenvalue weighted by Gasteiger charge is -2.21. The van der Waals surface area contributed by atoms with Gasteiger partial charge in [-0.2, -0.15) is 0 Å². The van der Waals surface area contributed by atoms with Crippen LogP contribution in [0.2, 0.25) is 0 Å². The van der Waals surface area contributed by atoms with E-state index in [0.717, 1.165) is 12.5 Å². The minimum atomic E-state index is -3.31. The second-order valence-corrected chi connectivity index (χ2v) is 9.14. The Balaban J connectivity index is 1.61. The third-order valence-electron chi connectivity index (χ3n) is 6.23. The van der Waals surface area contributed by atoms with E-state index >= 15 is 0 Å². The first-order valence-electron chi connectivity index (χ1n) is 11.4. The Kier molecular flexibility index (Phi) is 6.80. The van der Waals surface area contributed by atoms with Gasteiger partial charge in [-0.05, 0) is 32.6 Å². The zero-order valence-corrected chi connectivity index (χ0v) is 19.2. The molecule has 0 radical (unpaired) electrons. The molecule has 184 valence electrons. The molecule has 2 heterocycles. The van der Waals surface area contributed by atoms with Crippen molar-refractivity contribution in [3.8, 4) is 0 Å². The molecular weight excluding hydrogens is 452 g/mol. The number of benzene rings is 1. The third-order valence-corrected chi connectivity index (χ3v) is 6.23. The summed E-state index contributed by atoms with van der Waals surface area (Å²) in [6.07, 6.45) is 2.27. The second kappa shape index (κ2) is 9.48. The van der Waals surface area contributed by atoms with Gasteiger partial charge >= 0.3 is 0 Å². The van der Waals surface area contributed by atoms with Crippen LogP contribution in [0.3, 0.4) is 0 Å². The lowest BCUT2D eigenvalue weighted by atomic mass is 10.0. The summed E-state index contributed by atoms with van der Waals surface area (Å²) in [5, 5.41) is 5.80. The van der Waals surface area contributed by atoms with E-state index in [9.17, 15) is 22.4 Å². The maximum atomic E-state index is 14.7. The van der Waals surface area contributed by atoms with Crippen molar-refractivity contribution in [3.63, 3.8) is 0 Å². The summed E-state index contributed by atoms with van der Waals surface area (Å²) in [4.78, 5) is 21.5. The normalized spacial score (nSPS) is 19.2. The maximum absolute atomic E-state index is 14.7. The van der Waals surface area contributed by atoms with Crippen LogP contribution in [-0.2, 0) is 28.4 Å². The lowest BCUT2D eigenvalue weighted by Crippen LogP contribution is -2.39. The number of carbonyl (C=O) groups is 1. The number of rotatable bonds is 9. The van der Waals surface area contributed by atoms with Crippen molar-refractivity contribution in [2.24, 2.45) is 0 Å². The molecule has 1 aromatic carbocycles. The molecule has 1 amide bonds. The molecule has 2 N–H and O–H groups in total. The van der Waals surface area contributed by atoms with E-state index in [1.54, 1.807) is 6.92 Å². The van der Waals surface area contributed by atoms with E-state index < -0.39 is 29.5 Å². The molecule has 0 spiro atoms. The van der Waals surface area contributed by atoms with Gasteiger partial charge in [-0.1, -0.05) is 18.2 Å². The molecular formula is C24H28F4N4O2. The molecule has 1 saturated carbocycles. The van der Waals surface area contributed by atoms with Gasteiger partial charge in [0.1, 0.15) is 24.1 Å². The molecule has 1 saturated heterocycles. The third kappa shape index (κ3) is 5.32. The first-order valence-corrected chi connectivity index (χ1v) is 11.4. The number of alkyl halides is 3. The number of halogens is 4. The molecule has 1 aliphatic carbocycles. The Morgan fingerprint density at radius 1 is 1.29 bits per heavy atom. The molecule has 4 rings (SSSR count). The van der Waals surface area contributed by atoms with Crippen LogP contribution >= 0.6 is 0 Å². The highest BCUT2D eigenvalue weighted by Crippen LogP contribution is 2.37. The molecule has 34 heavy (non-hydrogen) atoms. The summed E-state index contributed by atoms with van der Waals surface area (Å²) in [6.45, 7) is 2.14. The van der Waals surface area contributed by atoms with Gasteiger partial charge < -0.3 is 15.4 Å². The molecule has 10 heteroatoms. The summed E-state index contributed by atoms with van der Waals surface area (Å²) in [6, 6.07) is 3.87. The summed E-state index contributed by atoms with van der Waals surface area (Å²) in [5.41, 5.74) is -0.353. The minimum absolute atomic E-state index is 0.0616. The number of nitrogens with zero attached hydrogens (tertiary/aromatic N) is 2. The van der Waals surface area contributed by atoms with Crippen LogP contribution in [0.1, 0.15) is 66.9 Å². The summed E-state index contributed by atoms with van der Waals surface area (Å²) < 4.78 is 61.3. The summed E-state index contributed by atoms with van der Waals surface area (Å²) in [7, 11) is 0. The number of aryl methyl sites for hydroxylation is 1. The van der Waals surface area contributed by atoms with E-state index in [0.29, 0.717) is 55.7 Å². The number of hydrogen-bond donors (Lipinski definition) is 2. The standard InChI is InChI=1S/C24H28F4N4O2/c1-14-30-17(11-19(33)32-24(13-25)8-9-24)20(18-7-4-10-34-18)22(31-14)29-12-15-5-3-6-16(21(15)26)23(2,27)28/h3,5-6,18H,4,7-13H2,1-2H3,(H,32,33)(H,29,30,31). The van der Waals surface area contributed by atoms with Gasteiger partial charge in [-0.3, -0.25) is 4.79 Å². The predicted octanol–water partition coefficient (Wildman–Crippen LogP) is 4.66. The molecule has 6 nitrogen and oxygen atoms in total. The fraction of sp³-hybridized carbons (Fsp3) is 0.542. The fourth-order valence-electron chi connectivity index (χ4n) is 4.22.